The minimum absolute atomic E-state index is 0. The molecule has 3 heterocycles. The summed E-state index contributed by atoms with van der Waals surface area (Å²) in [5, 5.41) is -0.437. The maximum absolute atomic E-state index is 14.6. The van der Waals surface area contributed by atoms with Crippen LogP contribution in [0.4, 0.5) is 16.0 Å². The molecule has 1 aliphatic rings. The first-order valence-corrected chi connectivity index (χ1v) is 15.4. The van der Waals surface area contributed by atoms with Crippen molar-refractivity contribution in [3.63, 3.8) is 0 Å². The number of carbonyl (C=O) groups excluding carboxylic acids is 2. The minimum Gasteiger partial charge on any atom is -0.493 e. The number of nitrogen functional groups attached to an aromatic ring is 1. The SMILES string of the molecule is CC(C)COc1cc(F)cc(-c2ccc(C(=O)NS(=O)(=O)c3cccc(N)n3)c(N3CCC[C@H]3C(=O)OC(C)(C)C)n2)c1.[HH].[HH]. The van der Waals surface area contributed by atoms with E-state index in [1.54, 1.807) is 31.7 Å². The van der Waals surface area contributed by atoms with Crippen LogP contribution in [0.5, 0.6) is 5.75 Å². The van der Waals surface area contributed by atoms with E-state index in [1.807, 2.05) is 18.6 Å². The number of pyridine rings is 2. The third-order valence-corrected chi connectivity index (χ3v) is 7.55. The van der Waals surface area contributed by atoms with Crippen molar-refractivity contribution >= 4 is 33.5 Å². The highest BCUT2D eigenvalue weighted by molar-refractivity contribution is 7.90. The third-order valence-electron chi connectivity index (χ3n) is 6.32. The summed E-state index contributed by atoms with van der Waals surface area (Å²) in [5.41, 5.74) is 5.42. The van der Waals surface area contributed by atoms with Crippen LogP contribution in [0.25, 0.3) is 11.3 Å². The average Bonchev–Trinajstić information content (AvgIpc) is 3.40. The molecule has 0 radical (unpaired) electrons. The predicted octanol–water partition coefficient (Wildman–Crippen LogP) is 4.82. The number of esters is 1. The quantitative estimate of drug-likeness (QED) is 0.320. The van der Waals surface area contributed by atoms with Crippen molar-refractivity contribution in [3.8, 4) is 17.0 Å². The first kappa shape index (κ1) is 31.7. The summed E-state index contributed by atoms with van der Waals surface area (Å²) in [6, 6.07) is 10.3. The molecule has 1 atom stereocenters. The molecule has 0 spiro atoms. The fraction of sp³-hybridized carbons (Fsp3) is 0.400. The average molecular weight is 618 g/mol. The number of anilines is 2. The van der Waals surface area contributed by atoms with Crippen LogP contribution in [-0.2, 0) is 19.6 Å². The van der Waals surface area contributed by atoms with Gasteiger partial charge in [0.1, 0.15) is 34.8 Å². The predicted molar refractivity (Wildman–Crippen MR) is 164 cm³/mol. The van der Waals surface area contributed by atoms with E-state index in [9.17, 15) is 22.4 Å². The molecule has 0 saturated carbocycles. The number of rotatable bonds is 9. The molecule has 0 unspecified atom stereocenters. The summed E-state index contributed by atoms with van der Waals surface area (Å²) in [6.45, 7) is 9.91. The number of aromatic nitrogens is 2. The van der Waals surface area contributed by atoms with Gasteiger partial charge in [-0.1, -0.05) is 19.9 Å². The Labute approximate surface area is 253 Å². The van der Waals surface area contributed by atoms with Gasteiger partial charge in [0.25, 0.3) is 15.9 Å². The summed E-state index contributed by atoms with van der Waals surface area (Å²) in [6.07, 6.45) is 1.02. The molecule has 3 N–H and O–H groups in total. The first-order valence-electron chi connectivity index (χ1n) is 13.9. The lowest BCUT2D eigenvalue weighted by atomic mass is 10.1. The molecule has 0 bridgehead atoms. The van der Waals surface area contributed by atoms with E-state index in [4.69, 9.17) is 15.2 Å². The van der Waals surface area contributed by atoms with Gasteiger partial charge in [0, 0.05) is 21.0 Å². The standard InChI is InChI=1S/C30H36FN5O6S.2H2/c1-18(2)17-41-21-15-19(14-20(31)16-21)23-12-11-22(28(37)35-43(39,40)26-10-6-9-25(32)34-26)27(33-23)36-13-7-8-24(36)29(38)42-30(3,4)5;;/h6,9-12,14-16,18,24H,7-8,13,17H2,1-5H3,(H2,32,34)(H,35,37);2*1H/t24-;;/m0../s1. The topological polar surface area (TPSA) is 154 Å². The van der Waals surface area contributed by atoms with Crippen LogP contribution in [0.1, 0.15) is 60.7 Å². The van der Waals surface area contributed by atoms with E-state index in [-0.39, 0.29) is 31.7 Å². The lowest BCUT2D eigenvalue weighted by molar-refractivity contribution is -0.156. The Morgan fingerprint density at radius 1 is 1.16 bits per heavy atom. The number of amides is 1. The van der Waals surface area contributed by atoms with Crippen LogP contribution in [-0.4, -0.2) is 55.1 Å². The van der Waals surface area contributed by atoms with E-state index in [0.29, 0.717) is 37.3 Å². The molecule has 1 saturated heterocycles. The smallest absolute Gasteiger partial charge is 0.329 e. The second-order valence-electron chi connectivity index (χ2n) is 11.7. The summed E-state index contributed by atoms with van der Waals surface area (Å²) < 4.78 is 54.0. The molecule has 43 heavy (non-hydrogen) atoms. The summed E-state index contributed by atoms with van der Waals surface area (Å²) >= 11 is 0. The molecule has 13 heteroatoms. The van der Waals surface area contributed by atoms with Crippen LogP contribution in [0, 0.1) is 11.7 Å². The number of nitrogens with zero attached hydrogens (tertiary/aromatic N) is 3. The third kappa shape index (κ3) is 7.98. The number of benzene rings is 1. The minimum atomic E-state index is -4.41. The van der Waals surface area contributed by atoms with Crippen LogP contribution >= 0.6 is 0 Å². The van der Waals surface area contributed by atoms with Gasteiger partial charge in [-0.3, -0.25) is 4.79 Å². The van der Waals surface area contributed by atoms with Gasteiger partial charge in [-0.2, -0.15) is 8.42 Å². The van der Waals surface area contributed by atoms with Gasteiger partial charge in [0.15, 0.2) is 5.03 Å². The van der Waals surface area contributed by atoms with E-state index in [0.717, 1.165) is 0 Å². The van der Waals surface area contributed by atoms with Crippen molar-refractivity contribution in [1.29, 1.82) is 0 Å². The number of nitrogens with two attached hydrogens (primary N) is 1. The Balaban J connectivity index is 0.00000353. The molecule has 1 aromatic carbocycles. The van der Waals surface area contributed by atoms with Gasteiger partial charge in [0.05, 0.1) is 17.9 Å². The van der Waals surface area contributed by atoms with Gasteiger partial charge in [-0.15, -0.1) is 0 Å². The summed E-state index contributed by atoms with van der Waals surface area (Å²) in [4.78, 5) is 36.8. The van der Waals surface area contributed by atoms with Crippen LogP contribution in [0.15, 0.2) is 53.6 Å². The first-order chi connectivity index (χ1) is 20.1. The lowest BCUT2D eigenvalue weighted by Crippen LogP contribution is -2.42. The molecule has 234 valence electrons. The number of hydrogen-bond donors (Lipinski definition) is 2. The maximum Gasteiger partial charge on any atom is 0.329 e. The van der Waals surface area contributed by atoms with Crippen molar-refractivity contribution in [2.24, 2.45) is 5.92 Å². The fourth-order valence-electron chi connectivity index (χ4n) is 4.51. The number of nitrogens with one attached hydrogen (secondary N) is 1. The zero-order chi connectivity index (χ0) is 31.5. The number of halogens is 1. The number of ether oxygens (including phenoxy) is 2. The molecule has 2 aromatic heterocycles. The molecular formula is C30H40FN5O6S. The molecule has 0 aliphatic carbocycles. The Morgan fingerprint density at radius 3 is 2.58 bits per heavy atom. The van der Waals surface area contributed by atoms with Gasteiger partial charge < -0.3 is 20.1 Å². The van der Waals surface area contributed by atoms with Crippen LogP contribution in [0.2, 0.25) is 0 Å². The van der Waals surface area contributed by atoms with Gasteiger partial charge >= 0.3 is 5.97 Å². The second-order valence-corrected chi connectivity index (χ2v) is 13.3. The van der Waals surface area contributed by atoms with Crippen molar-refractivity contribution in [3.05, 3.63) is 59.9 Å². The van der Waals surface area contributed by atoms with Crippen LogP contribution < -0.4 is 20.1 Å². The highest BCUT2D eigenvalue weighted by atomic mass is 32.2. The molecular weight excluding hydrogens is 577 g/mol. The monoisotopic (exact) mass is 617 g/mol. The largest absolute Gasteiger partial charge is 0.493 e. The Bertz CT molecular complexity index is 1640. The van der Waals surface area contributed by atoms with Crippen molar-refractivity contribution in [2.45, 2.75) is 64.1 Å². The highest BCUT2D eigenvalue weighted by Crippen LogP contribution is 2.33. The summed E-state index contributed by atoms with van der Waals surface area (Å²) in [7, 11) is -4.41. The fourth-order valence-corrected chi connectivity index (χ4v) is 5.45. The number of hydrogen-bond acceptors (Lipinski definition) is 10. The van der Waals surface area contributed by atoms with Gasteiger partial charge in [-0.25, -0.2) is 23.9 Å². The Morgan fingerprint density at radius 2 is 1.91 bits per heavy atom. The molecule has 4 rings (SSSR count). The molecule has 1 aliphatic heterocycles. The summed E-state index contributed by atoms with van der Waals surface area (Å²) in [5.74, 6) is -1.51. The Hall–Kier alpha value is -4.26. The van der Waals surface area contributed by atoms with E-state index in [1.165, 1.54) is 42.5 Å². The van der Waals surface area contributed by atoms with Crippen molar-refractivity contribution in [2.75, 3.05) is 23.8 Å². The molecule has 3 aromatic rings. The van der Waals surface area contributed by atoms with Crippen molar-refractivity contribution in [1.82, 2.24) is 14.7 Å². The zero-order valence-electron chi connectivity index (χ0n) is 24.8. The molecule has 11 nitrogen and oxygen atoms in total. The van der Waals surface area contributed by atoms with E-state index in [2.05, 4.69) is 9.97 Å². The Kier molecular flexibility index (Phi) is 9.24. The zero-order valence-corrected chi connectivity index (χ0v) is 25.6. The second kappa shape index (κ2) is 12.5. The van der Waals surface area contributed by atoms with Gasteiger partial charge in [-0.05, 0) is 75.9 Å². The van der Waals surface area contributed by atoms with Crippen LogP contribution in [0.3, 0.4) is 0 Å². The number of sulfonamides is 1. The highest BCUT2D eigenvalue weighted by Gasteiger charge is 2.37. The van der Waals surface area contributed by atoms with E-state index >= 15 is 0 Å². The number of carbonyl (C=O) groups is 2. The maximum atomic E-state index is 14.6. The van der Waals surface area contributed by atoms with E-state index < -0.39 is 44.4 Å². The molecule has 1 fully saturated rings. The lowest BCUT2D eigenvalue weighted by Gasteiger charge is -2.29. The van der Waals surface area contributed by atoms with Crippen molar-refractivity contribution < 1.29 is 34.7 Å². The molecule has 1 amide bonds. The normalized spacial score (nSPS) is 15.4. The van der Waals surface area contributed by atoms with Gasteiger partial charge in [0.2, 0.25) is 0 Å².